The summed E-state index contributed by atoms with van der Waals surface area (Å²) in [6.45, 7) is 6.13. The predicted octanol–water partition coefficient (Wildman–Crippen LogP) is 3.20. The van der Waals surface area contributed by atoms with Gasteiger partial charge in [-0.3, -0.25) is 0 Å². The van der Waals surface area contributed by atoms with Crippen molar-refractivity contribution in [3.63, 3.8) is 0 Å². The fourth-order valence-corrected chi connectivity index (χ4v) is 3.83. The van der Waals surface area contributed by atoms with E-state index < -0.39 is 0 Å². The van der Waals surface area contributed by atoms with Crippen molar-refractivity contribution >= 4 is 0 Å². The first-order valence-electron chi connectivity index (χ1n) is 6.91. The van der Waals surface area contributed by atoms with Crippen molar-refractivity contribution in [2.45, 2.75) is 58.4 Å². The van der Waals surface area contributed by atoms with Gasteiger partial charge in [0.1, 0.15) is 0 Å². The third-order valence-corrected chi connectivity index (χ3v) is 5.65. The molecule has 0 aromatic rings. The molecular formula is C14H25N. The molecule has 3 fully saturated rings. The molecule has 3 saturated carbocycles. The molecule has 4 unspecified atom stereocenters. The van der Waals surface area contributed by atoms with E-state index in [-0.39, 0.29) is 0 Å². The van der Waals surface area contributed by atoms with E-state index in [0.717, 1.165) is 23.8 Å². The Morgan fingerprint density at radius 3 is 2.60 bits per heavy atom. The highest BCUT2D eigenvalue weighted by atomic mass is 14.9. The molecule has 0 radical (unpaired) electrons. The molecule has 1 nitrogen and oxygen atoms in total. The van der Waals surface area contributed by atoms with Crippen LogP contribution in [-0.4, -0.2) is 12.6 Å². The lowest BCUT2D eigenvalue weighted by Gasteiger charge is -2.26. The van der Waals surface area contributed by atoms with Gasteiger partial charge in [-0.05, 0) is 68.7 Å². The van der Waals surface area contributed by atoms with Crippen molar-refractivity contribution in [2.24, 2.45) is 23.2 Å². The molecular weight excluding hydrogens is 182 g/mol. The summed E-state index contributed by atoms with van der Waals surface area (Å²) in [5.74, 6) is 3.21. The topological polar surface area (TPSA) is 12.0 Å². The Hall–Kier alpha value is -0.0400. The average Bonchev–Trinajstić information content (AvgIpc) is 2.72. The van der Waals surface area contributed by atoms with E-state index in [4.69, 9.17) is 0 Å². The summed E-state index contributed by atoms with van der Waals surface area (Å²) in [5.41, 5.74) is 0.650. The van der Waals surface area contributed by atoms with Gasteiger partial charge in [0, 0.05) is 6.04 Å². The first-order valence-corrected chi connectivity index (χ1v) is 6.91. The standard InChI is InChI=1S/C14H25N/c1-10(14(2)5-6-14)15-9-13-8-11-3-4-12(13)7-11/h10-13,15H,3-9H2,1-2H3. The van der Waals surface area contributed by atoms with Crippen LogP contribution in [0.5, 0.6) is 0 Å². The molecule has 1 heteroatoms. The molecule has 0 spiro atoms. The van der Waals surface area contributed by atoms with E-state index in [0.29, 0.717) is 5.41 Å². The van der Waals surface area contributed by atoms with Crippen molar-refractivity contribution in [3.8, 4) is 0 Å². The zero-order chi connectivity index (χ0) is 10.5. The van der Waals surface area contributed by atoms with Crippen LogP contribution < -0.4 is 5.32 Å². The second-order valence-corrected chi connectivity index (χ2v) is 6.72. The molecule has 0 aliphatic heterocycles. The molecule has 0 aromatic heterocycles. The maximum absolute atomic E-state index is 3.81. The monoisotopic (exact) mass is 207 g/mol. The van der Waals surface area contributed by atoms with Gasteiger partial charge in [0.2, 0.25) is 0 Å². The van der Waals surface area contributed by atoms with E-state index in [9.17, 15) is 0 Å². The molecule has 3 rings (SSSR count). The lowest BCUT2D eigenvalue weighted by molar-refractivity contribution is 0.284. The van der Waals surface area contributed by atoms with Crippen LogP contribution in [0, 0.1) is 23.2 Å². The van der Waals surface area contributed by atoms with Crippen LogP contribution >= 0.6 is 0 Å². The Morgan fingerprint density at radius 1 is 1.27 bits per heavy atom. The van der Waals surface area contributed by atoms with Gasteiger partial charge < -0.3 is 5.32 Å². The first-order chi connectivity index (χ1) is 7.17. The highest BCUT2D eigenvalue weighted by Crippen LogP contribution is 2.50. The van der Waals surface area contributed by atoms with E-state index >= 15 is 0 Å². The summed E-state index contributed by atoms with van der Waals surface area (Å²) in [5, 5.41) is 3.81. The van der Waals surface area contributed by atoms with Gasteiger partial charge in [0.25, 0.3) is 0 Å². The van der Waals surface area contributed by atoms with Crippen LogP contribution in [-0.2, 0) is 0 Å². The van der Waals surface area contributed by atoms with Gasteiger partial charge in [-0.25, -0.2) is 0 Å². The minimum atomic E-state index is 0.650. The minimum Gasteiger partial charge on any atom is -0.313 e. The number of rotatable bonds is 4. The Morgan fingerprint density at radius 2 is 2.07 bits per heavy atom. The minimum absolute atomic E-state index is 0.650. The molecule has 0 amide bonds. The summed E-state index contributed by atoms with van der Waals surface area (Å²) in [4.78, 5) is 0. The Balaban J connectivity index is 1.46. The Labute approximate surface area is 94.0 Å². The van der Waals surface area contributed by atoms with E-state index in [1.165, 1.54) is 38.6 Å². The molecule has 15 heavy (non-hydrogen) atoms. The fourth-order valence-electron chi connectivity index (χ4n) is 3.83. The van der Waals surface area contributed by atoms with Crippen molar-refractivity contribution in [1.82, 2.24) is 5.32 Å². The number of nitrogens with one attached hydrogen (secondary N) is 1. The molecule has 0 aromatic carbocycles. The zero-order valence-corrected chi connectivity index (χ0v) is 10.3. The quantitative estimate of drug-likeness (QED) is 0.746. The average molecular weight is 207 g/mol. The van der Waals surface area contributed by atoms with Crippen LogP contribution in [0.1, 0.15) is 52.4 Å². The number of hydrogen-bond donors (Lipinski definition) is 1. The third-order valence-electron chi connectivity index (χ3n) is 5.65. The maximum Gasteiger partial charge on any atom is 0.00926 e. The van der Waals surface area contributed by atoms with Crippen molar-refractivity contribution in [1.29, 1.82) is 0 Å². The van der Waals surface area contributed by atoms with E-state index in [1.807, 2.05) is 0 Å². The van der Waals surface area contributed by atoms with Crippen LogP contribution in [0.3, 0.4) is 0 Å². The van der Waals surface area contributed by atoms with E-state index in [2.05, 4.69) is 19.2 Å². The third kappa shape index (κ3) is 1.84. The van der Waals surface area contributed by atoms with Gasteiger partial charge >= 0.3 is 0 Å². The highest BCUT2D eigenvalue weighted by Gasteiger charge is 2.43. The van der Waals surface area contributed by atoms with Crippen LogP contribution in [0.2, 0.25) is 0 Å². The van der Waals surface area contributed by atoms with Gasteiger partial charge in [0.05, 0.1) is 0 Å². The van der Waals surface area contributed by atoms with Crippen molar-refractivity contribution in [2.75, 3.05) is 6.54 Å². The second-order valence-electron chi connectivity index (χ2n) is 6.72. The van der Waals surface area contributed by atoms with Gasteiger partial charge in [0.15, 0.2) is 0 Å². The van der Waals surface area contributed by atoms with Gasteiger partial charge in [-0.1, -0.05) is 13.3 Å². The normalized spacial score (nSPS) is 43.2. The van der Waals surface area contributed by atoms with Crippen molar-refractivity contribution in [3.05, 3.63) is 0 Å². The Bertz CT molecular complexity index is 244. The molecule has 3 aliphatic rings. The number of hydrogen-bond acceptors (Lipinski definition) is 1. The lowest BCUT2D eigenvalue weighted by Crippen LogP contribution is -2.37. The molecule has 0 heterocycles. The van der Waals surface area contributed by atoms with Crippen LogP contribution in [0.15, 0.2) is 0 Å². The fraction of sp³-hybridized carbons (Fsp3) is 1.00. The lowest BCUT2D eigenvalue weighted by atomic mass is 9.88. The summed E-state index contributed by atoms with van der Waals surface area (Å²) < 4.78 is 0. The predicted molar refractivity (Wildman–Crippen MR) is 63.7 cm³/mol. The SMILES string of the molecule is CC(NCC1CC2CCC1C2)C1(C)CC1. The number of fused-ring (bicyclic) bond motifs is 2. The maximum atomic E-state index is 3.81. The van der Waals surface area contributed by atoms with E-state index in [1.54, 1.807) is 6.42 Å². The molecule has 86 valence electrons. The largest absolute Gasteiger partial charge is 0.313 e. The summed E-state index contributed by atoms with van der Waals surface area (Å²) in [7, 11) is 0. The summed E-state index contributed by atoms with van der Waals surface area (Å²) in [6.07, 6.45) is 9.03. The molecule has 0 saturated heterocycles. The zero-order valence-electron chi connectivity index (χ0n) is 10.3. The molecule has 2 bridgehead atoms. The van der Waals surface area contributed by atoms with Gasteiger partial charge in [-0.2, -0.15) is 0 Å². The summed E-state index contributed by atoms with van der Waals surface area (Å²) in [6, 6.07) is 0.747. The van der Waals surface area contributed by atoms with Gasteiger partial charge in [-0.15, -0.1) is 0 Å². The van der Waals surface area contributed by atoms with Crippen LogP contribution in [0.4, 0.5) is 0 Å². The summed E-state index contributed by atoms with van der Waals surface area (Å²) >= 11 is 0. The molecule has 4 atom stereocenters. The van der Waals surface area contributed by atoms with Crippen LogP contribution in [0.25, 0.3) is 0 Å². The molecule has 1 N–H and O–H groups in total. The first kappa shape index (κ1) is 10.1. The molecule has 3 aliphatic carbocycles. The van der Waals surface area contributed by atoms with Crippen molar-refractivity contribution < 1.29 is 0 Å². The highest BCUT2D eigenvalue weighted by molar-refractivity contribution is 4.98. The second kappa shape index (κ2) is 3.48. The smallest absolute Gasteiger partial charge is 0.00926 e. The Kier molecular flexibility index (Phi) is 2.35.